The summed E-state index contributed by atoms with van der Waals surface area (Å²) in [7, 11) is 0. The molecule has 0 aliphatic heterocycles. The van der Waals surface area contributed by atoms with Crippen molar-refractivity contribution >= 4 is 0 Å². The highest BCUT2D eigenvalue weighted by atomic mass is 19.1. The van der Waals surface area contributed by atoms with Crippen molar-refractivity contribution in [3.8, 4) is 5.69 Å². The minimum Gasteiger partial charge on any atom is -0.311 e. The smallest absolute Gasteiger partial charge is 0.123 e. The molecule has 0 radical (unpaired) electrons. The van der Waals surface area contributed by atoms with Crippen LogP contribution in [0.2, 0.25) is 0 Å². The van der Waals surface area contributed by atoms with Crippen LogP contribution in [-0.2, 0) is 6.54 Å². The Labute approximate surface area is 106 Å². The molecule has 4 nitrogen and oxygen atoms in total. The Balaban J connectivity index is 1.99. The first-order valence-electron chi connectivity index (χ1n) is 6.03. The number of benzene rings is 1. The van der Waals surface area contributed by atoms with E-state index in [1.165, 1.54) is 12.1 Å². The zero-order chi connectivity index (χ0) is 13.0. The molecule has 2 rings (SSSR count). The Morgan fingerprint density at radius 1 is 1.28 bits per heavy atom. The van der Waals surface area contributed by atoms with Gasteiger partial charge in [-0.15, -0.1) is 5.10 Å². The van der Waals surface area contributed by atoms with E-state index in [9.17, 15) is 4.39 Å². The number of nitrogens with zero attached hydrogens (tertiary/aromatic N) is 3. The van der Waals surface area contributed by atoms with Crippen molar-refractivity contribution in [1.82, 2.24) is 20.3 Å². The Bertz CT molecular complexity index is 490. The van der Waals surface area contributed by atoms with Crippen LogP contribution in [0.1, 0.15) is 19.5 Å². The van der Waals surface area contributed by atoms with E-state index in [-0.39, 0.29) is 5.82 Å². The van der Waals surface area contributed by atoms with Gasteiger partial charge in [0.1, 0.15) is 5.82 Å². The van der Waals surface area contributed by atoms with Gasteiger partial charge in [-0.3, -0.25) is 0 Å². The molecule has 96 valence electrons. The van der Waals surface area contributed by atoms with Gasteiger partial charge in [-0.1, -0.05) is 19.1 Å². The van der Waals surface area contributed by atoms with E-state index in [0.717, 1.165) is 17.9 Å². The molecule has 0 unspecified atom stereocenters. The number of aromatic nitrogens is 3. The first kappa shape index (κ1) is 12.7. The topological polar surface area (TPSA) is 42.7 Å². The van der Waals surface area contributed by atoms with Crippen molar-refractivity contribution in [2.45, 2.75) is 20.4 Å². The third kappa shape index (κ3) is 3.37. The Kier molecular flexibility index (Phi) is 4.04. The van der Waals surface area contributed by atoms with E-state index >= 15 is 0 Å². The summed E-state index contributed by atoms with van der Waals surface area (Å²) in [5.74, 6) is 0.356. The molecule has 18 heavy (non-hydrogen) atoms. The van der Waals surface area contributed by atoms with E-state index < -0.39 is 0 Å². The van der Waals surface area contributed by atoms with Gasteiger partial charge >= 0.3 is 0 Å². The summed E-state index contributed by atoms with van der Waals surface area (Å²) in [4.78, 5) is 0. The van der Waals surface area contributed by atoms with Gasteiger partial charge in [0.15, 0.2) is 0 Å². The minimum atomic E-state index is -0.252. The highest BCUT2D eigenvalue weighted by Gasteiger charge is 2.03. The molecule has 0 bridgehead atoms. The highest BCUT2D eigenvalue weighted by Crippen LogP contribution is 2.08. The highest BCUT2D eigenvalue weighted by molar-refractivity contribution is 5.30. The summed E-state index contributed by atoms with van der Waals surface area (Å²) in [6.07, 6.45) is 1.85. The van der Waals surface area contributed by atoms with Crippen LogP contribution in [0.15, 0.2) is 30.5 Å². The predicted molar refractivity (Wildman–Crippen MR) is 67.9 cm³/mol. The molecule has 0 spiro atoms. The van der Waals surface area contributed by atoms with Crippen molar-refractivity contribution in [2.75, 3.05) is 6.54 Å². The second-order valence-corrected chi connectivity index (χ2v) is 4.66. The third-order valence-electron chi connectivity index (χ3n) is 2.49. The van der Waals surface area contributed by atoms with Gasteiger partial charge in [0.25, 0.3) is 0 Å². The molecule has 1 aromatic heterocycles. The van der Waals surface area contributed by atoms with Crippen molar-refractivity contribution in [3.05, 3.63) is 42.0 Å². The van der Waals surface area contributed by atoms with E-state index in [2.05, 4.69) is 29.5 Å². The van der Waals surface area contributed by atoms with Crippen LogP contribution < -0.4 is 5.32 Å². The Morgan fingerprint density at radius 2 is 2.00 bits per heavy atom. The van der Waals surface area contributed by atoms with Gasteiger partial charge in [0.2, 0.25) is 0 Å². The maximum absolute atomic E-state index is 12.8. The fraction of sp³-hybridized carbons (Fsp3) is 0.385. The zero-order valence-corrected chi connectivity index (χ0v) is 10.6. The molecule has 1 heterocycles. The normalized spacial score (nSPS) is 11.1. The van der Waals surface area contributed by atoms with Crippen molar-refractivity contribution < 1.29 is 4.39 Å². The lowest BCUT2D eigenvalue weighted by atomic mass is 10.2. The van der Waals surface area contributed by atoms with Gasteiger partial charge in [-0.25, -0.2) is 9.07 Å². The van der Waals surface area contributed by atoms with Gasteiger partial charge in [0.05, 0.1) is 17.6 Å². The standard InChI is InChI=1S/C13H17FN4/c1-10(2)7-15-8-12-9-18(17-16-12)13-5-3-11(14)4-6-13/h3-6,9-10,15H,7-8H2,1-2H3. The van der Waals surface area contributed by atoms with Crippen LogP contribution in [-0.4, -0.2) is 21.5 Å². The van der Waals surface area contributed by atoms with Crippen LogP contribution in [0.5, 0.6) is 0 Å². The lowest BCUT2D eigenvalue weighted by Crippen LogP contribution is -2.19. The molecule has 1 N–H and O–H groups in total. The summed E-state index contributed by atoms with van der Waals surface area (Å²) >= 11 is 0. The fourth-order valence-electron chi connectivity index (χ4n) is 1.59. The van der Waals surface area contributed by atoms with E-state index in [4.69, 9.17) is 0 Å². The molecule has 2 aromatic rings. The first-order valence-corrected chi connectivity index (χ1v) is 6.03. The van der Waals surface area contributed by atoms with Gasteiger partial charge < -0.3 is 5.32 Å². The summed E-state index contributed by atoms with van der Waals surface area (Å²) in [5.41, 5.74) is 1.68. The Hall–Kier alpha value is -1.75. The van der Waals surface area contributed by atoms with Gasteiger partial charge in [-0.05, 0) is 36.7 Å². The molecule has 0 amide bonds. The van der Waals surface area contributed by atoms with E-state index in [1.54, 1.807) is 16.8 Å². The number of halogens is 1. The maximum Gasteiger partial charge on any atom is 0.123 e. The molecule has 1 aromatic carbocycles. The Morgan fingerprint density at radius 3 is 2.67 bits per heavy atom. The molecule has 5 heteroatoms. The summed E-state index contributed by atoms with van der Waals surface area (Å²) < 4.78 is 14.4. The van der Waals surface area contributed by atoms with Crippen LogP contribution in [0.3, 0.4) is 0 Å². The third-order valence-corrected chi connectivity index (χ3v) is 2.49. The average molecular weight is 248 g/mol. The second kappa shape index (κ2) is 5.73. The molecule has 0 fully saturated rings. The molecule has 0 saturated carbocycles. The van der Waals surface area contributed by atoms with Crippen LogP contribution >= 0.6 is 0 Å². The summed E-state index contributed by atoms with van der Waals surface area (Å²) in [6, 6.07) is 6.17. The lowest BCUT2D eigenvalue weighted by molar-refractivity contribution is 0.548. The quantitative estimate of drug-likeness (QED) is 0.881. The van der Waals surface area contributed by atoms with E-state index in [1.807, 2.05) is 6.20 Å². The van der Waals surface area contributed by atoms with Crippen molar-refractivity contribution in [2.24, 2.45) is 5.92 Å². The van der Waals surface area contributed by atoms with Gasteiger partial charge in [-0.2, -0.15) is 0 Å². The lowest BCUT2D eigenvalue weighted by Gasteiger charge is -2.04. The van der Waals surface area contributed by atoms with E-state index in [0.29, 0.717) is 12.5 Å². The van der Waals surface area contributed by atoms with Gasteiger partial charge in [0, 0.05) is 6.54 Å². The SMILES string of the molecule is CC(C)CNCc1cn(-c2ccc(F)cc2)nn1. The predicted octanol–water partition coefficient (Wildman–Crippen LogP) is 2.15. The summed E-state index contributed by atoms with van der Waals surface area (Å²) in [5, 5.41) is 11.4. The molecule has 0 aliphatic rings. The molecule has 0 saturated heterocycles. The summed E-state index contributed by atoms with van der Waals surface area (Å²) in [6.45, 7) is 5.95. The average Bonchev–Trinajstić information content (AvgIpc) is 2.78. The second-order valence-electron chi connectivity index (χ2n) is 4.66. The largest absolute Gasteiger partial charge is 0.311 e. The number of rotatable bonds is 5. The minimum absolute atomic E-state index is 0.252. The molecule has 0 aliphatic carbocycles. The molecular formula is C13H17FN4. The van der Waals surface area contributed by atoms with Crippen molar-refractivity contribution in [3.63, 3.8) is 0 Å². The first-order chi connectivity index (χ1) is 8.65. The zero-order valence-electron chi connectivity index (χ0n) is 10.6. The number of nitrogens with one attached hydrogen (secondary N) is 1. The molecular weight excluding hydrogens is 231 g/mol. The monoisotopic (exact) mass is 248 g/mol. The van der Waals surface area contributed by atoms with Crippen molar-refractivity contribution in [1.29, 1.82) is 0 Å². The molecule has 0 atom stereocenters. The van der Waals surface area contributed by atoms with Crippen LogP contribution in [0, 0.1) is 11.7 Å². The number of hydrogen-bond donors (Lipinski definition) is 1. The fourth-order valence-corrected chi connectivity index (χ4v) is 1.59. The maximum atomic E-state index is 12.8. The van der Waals surface area contributed by atoms with Crippen LogP contribution in [0.25, 0.3) is 5.69 Å². The number of hydrogen-bond acceptors (Lipinski definition) is 3. The van der Waals surface area contributed by atoms with Crippen LogP contribution in [0.4, 0.5) is 4.39 Å².